The van der Waals surface area contributed by atoms with E-state index in [0.29, 0.717) is 18.4 Å². The van der Waals surface area contributed by atoms with Crippen LogP contribution in [0.4, 0.5) is 0 Å². The third-order valence-corrected chi connectivity index (χ3v) is 7.38. The average Bonchev–Trinajstić information content (AvgIpc) is 3.43. The van der Waals surface area contributed by atoms with Crippen LogP contribution in [0.3, 0.4) is 0 Å². The molecule has 0 unspecified atom stereocenters. The van der Waals surface area contributed by atoms with Crippen LogP contribution in [-0.4, -0.2) is 33.4 Å². The number of Topliss-reactive ketones (excluding diaryl/α,β-unsaturated/α-hetero) is 1. The first kappa shape index (κ1) is 20.1. The van der Waals surface area contributed by atoms with Gasteiger partial charge in [-0.25, -0.2) is 13.4 Å². The highest BCUT2D eigenvalue weighted by molar-refractivity contribution is 7.91. The fourth-order valence-corrected chi connectivity index (χ4v) is 5.03. The van der Waals surface area contributed by atoms with E-state index >= 15 is 0 Å². The summed E-state index contributed by atoms with van der Waals surface area (Å²) in [7, 11) is -1.87. The van der Waals surface area contributed by atoms with Crippen LogP contribution in [0.15, 0.2) is 89.2 Å². The van der Waals surface area contributed by atoms with E-state index in [1.54, 1.807) is 85.0 Å². The highest BCUT2D eigenvalue weighted by Gasteiger charge is 2.19. The number of aryl methyl sites for hydroxylation is 2. The van der Waals surface area contributed by atoms with Crippen molar-refractivity contribution >= 4 is 32.2 Å². The minimum absolute atomic E-state index is 0.0294. The summed E-state index contributed by atoms with van der Waals surface area (Å²) in [5.41, 5.74) is 3.08. The van der Waals surface area contributed by atoms with Gasteiger partial charge in [0.1, 0.15) is 5.65 Å². The fourth-order valence-electron chi connectivity index (χ4n) is 3.75. The predicted molar refractivity (Wildman–Crippen MR) is 120 cm³/mol. The zero-order valence-corrected chi connectivity index (χ0v) is 18.2. The SMILES string of the molecule is Cn1ncc2ccc(S(=O)(=O)c3ccc(CCC(=O)c4ccc5nccn5c4)cc3)cc21. The van der Waals surface area contributed by atoms with Gasteiger partial charge in [0.25, 0.3) is 0 Å². The normalized spacial score (nSPS) is 11.9. The molecule has 0 aliphatic rings. The monoisotopic (exact) mass is 444 g/mol. The van der Waals surface area contributed by atoms with E-state index in [1.165, 1.54) is 0 Å². The first-order valence-corrected chi connectivity index (χ1v) is 11.6. The number of pyridine rings is 1. The number of fused-ring (bicyclic) bond motifs is 2. The van der Waals surface area contributed by atoms with Crippen molar-refractivity contribution in [2.24, 2.45) is 7.05 Å². The van der Waals surface area contributed by atoms with Crippen LogP contribution in [0.25, 0.3) is 16.6 Å². The lowest BCUT2D eigenvalue weighted by molar-refractivity contribution is 0.0982. The number of hydrogen-bond acceptors (Lipinski definition) is 5. The predicted octanol–water partition coefficient (Wildman–Crippen LogP) is 3.87. The van der Waals surface area contributed by atoms with E-state index in [0.717, 1.165) is 22.1 Å². The molecule has 8 heteroatoms. The molecule has 0 saturated heterocycles. The Balaban J connectivity index is 1.31. The van der Waals surface area contributed by atoms with Crippen molar-refractivity contribution in [3.63, 3.8) is 0 Å². The molecule has 5 rings (SSSR count). The Morgan fingerprint density at radius 1 is 1.00 bits per heavy atom. The summed E-state index contributed by atoms with van der Waals surface area (Å²) in [6.45, 7) is 0. The molecule has 5 aromatic rings. The minimum atomic E-state index is -3.65. The molecule has 0 amide bonds. The molecule has 0 atom stereocenters. The van der Waals surface area contributed by atoms with Gasteiger partial charge in [-0.3, -0.25) is 9.48 Å². The summed E-state index contributed by atoms with van der Waals surface area (Å²) in [4.78, 5) is 17.2. The van der Waals surface area contributed by atoms with Crippen molar-refractivity contribution in [2.45, 2.75) is 22.6 Å². The van der Waals surface area contributed by atoms with Crippen LogP contribution >= 0.6 is 0 Å². The number of nitrogens with zero attached hydrogens (tertiary/aromatic N) is 4. The molecule has 32 heavy (non-hydrogen) atoms. The first-order valence-electron chi connectivity index (χ1n) is 10.1. The van der Waals surface area contributed by atoms with Gasteiger partial charge >= 0.3 is 0 Å². The second kappa shape index (κ2) is 7.72. The Kier molecular flexibility index (Phi) is 4.86. The van der Waals surface area contributed by atoms with Gasteiger partial charge in [-0.05, 0) is 54.4 Å². The summed E-state index contributed by atoms with van der Waals surface area (Å²) in [6.07, 6.45) is 7.84. The molecule has 0 radical (unpaired) electrons. The van der Waals surface area contributed by atoms with Gasteiger partial charge in [0.15, 0.2) is 5.78 Å². The maximum absolute atomic E-state index is 13.1. The first-order chi connectivity index (χ1) is 15.4. The molecule has 0 N–H and O–H groups in total. The molecule has 0 bridgehead atoms. The number of imidazole rings is 1. The maximum Gasteiger partial charge on any atom is 0.206 e. The van der Waals surface area contributed by atoms with E-state index in [1.807, 2.05) is 10.5 Å². The lowest BCUT2D eigenvalue weighted by Gasteiger charge is -2.07. The Hall–Kier alpha value is -3.78. The Morgan fingerprint density at radius 3 is 2.59 bits per heavy atom. The molecule has 3 heterocycles. The second-order valence-corrected chi connectivity index (χ2v) is 9.62. The Bertz CT molecular complexity index is 1560. The van der Waals surface area contributed by atoms with Crippen molar-refractivity contribution < 1.29 is 13.2 Å². The average molecular weight is 445 g/mol. The Morgan fingerprint density at radius 2 is 1.78 bits per heavy atom. The van der Waals surface area contributed by atoms with E-state index in [2.05, 4.69) is 10.1 Å². The number of sulfone groups is 1. The standard InChI is InChI=1S/C24H20N4O3S/c1-27-22-14-21(9-5-18(22)15-26-27)32(30,31)20-7-2-17(3-8-20)4-10-23(29)19-6-11-24-25-12-13-28(24)16-19/h2-3,5-9,11-16H,4,10H2,1H3. The Labute approximate surface area is 184 Å². The van der Waals surface area contributed by atoms with Crippen LogP contribution in [0.5, 0.6) is 0 Å². The number of ketones is 1. The number of benzene rings is 2. The minimum Gasteiger partial charge on any atom is -0.306 e. The van der Waals surface area contributed by atoms with Crippen molar-refractivity contribution in [2.75, 3.05) is 0 Å². The van der Waals surface area contributed by atoms with E-state index in [4.69, 9.17) is 0 Å². The van der Waals surface area contributed by atoms with Gasteiger partial charge in [-0.2, -0.15) is 5.10 Å². The van der Waals surface area contributed by atoms with E-state index in [9.17, 15) is 13.2 Å². The van der Waals surface area contributed by atoms with Crippen LogP contribution in [0.2, 0.25) is 0 Å². The van der Waals surface area contributed by atoms with Gasteiger partial charge in [0, 0.05) is 43.0 Å². The molecule has 0 aliphatic carbocycles. The lowest BCUT2D eigenvalue weighted by atomic mass is 10.0. The number of aromatic nitrogens is 4. The summed E-state index contributed by atoms with van der Waals surface area (Å²) >= 11 is 0. The summed E-state index contributed by atoms with van der Waals surface area (Å²) < 4.78 is 29.6. The molecular formula is C24H20N4O3S. The van der Waals surface area contributed by atoms with Crippen LogP contribution in [0, 0.1) is 0 Å². The number of rotatable bonds is 6. The van der Waals surface area contributed by atoms with E-state index < -0.39 is 9.84 Å². The molecule has 7 nitrogen and oxygen atoms in total. The largest absolute Gasteiger partial charge is 0.306 e. The summed E-state index contributed by atoms with van der Waals surface area (Å²) in [5, 5.41) is 5.05. The van der Waals surface area contributed by atoms with Gasteiger partial charge in [-0.1, -0.05) is 12.1 Å². The molecule has 3 aromatic heterocycles. The molecule has 0 spiro atoms. The van der Waals surface area contributed by atoms with E-state index in [-0.39, 0.29) is 15.6 Å². The molecule has 2 aromatic carbocycles. The third-order valence-electron chi connectivity index (χ3n) is 5.62. The zero-order chi connectivity index (χ0) is 22.3. The summed E-state index contributed by atoms with van der Waals surface area (Å²) in [5.74, 6) is 0.0294. The second-order valence-electron chi connectivity index (χ2n) is 7.67. The van der Waals surface area contributed by atoms with Crippen LogP contribution in [0.1, 0.15) is 22.3 Å². The number of carbonyl (C=O) groups is 1. The van der Waals surface area contributed by atoms with Crippen LogP contribution in [-0.2, 0) is 23.3 Å². The lowest BCUT2D eigenvalue weighted by Crippen LogP contribution is -2.04. The number of hydrogen-bond donors (Lipinski definition) is 0. The zero-order valence-electron chi connectivity index (χ0n) is 17.3. The highest BCUT2D eigenvalue weighted by atomic mass is 32.2. The quantitative estimate of drug-likeness (QED) is 0.371. The maximum atomic E-state index is 13.1. The molecule has 160 valence electrons. The van der Waals surface area contributed by atoms with Gasteiger partial charge in [0.05, 0.1) is 21.5 Å². The van der Waals surface area contributed by atoms with Gasteiger partial charge in [-0.15, -0.1) is 0 Å². The third kappa shape index (κ3) is 3.58. The molecule has 0 aliphatic heterocycles. The molecular weight excluding hydrogens is 424 g/mol. The van der Waals surface area contributed by atoms with Crippen molar-refractivity contribution in [1.29, 1.82) is 0 Å². The van der Waals surface area contributed by atoms with Gasteiger partial charge < -0.3 is 4.40 Å². The number of carbonyl (C=O) groups excluding carboxylic acids is 1. The van der Waals surface area contributed by atoms with Crippen LogP contribution < -0.4 is 0 Å². The molecule has 0 fully saturated rings. The van der Waals surface area contributed by atoms with Crippen molar-refractivity contribution in [3.8, 4) is 0 Å². The van der Waals surface area contributed by atoms with Crippen molar-refractivity contribution in [3.05, 3.63) is 90.5 Å². The molecule has 0 saturated carbocycles. The van der Waals surface area contributed by atoms with Gasteiger partial charge in [0.2, 0.25) is 9.84 Å². The highest BCUT2D eigenvalue weighted by Crippen LogP contribution is 2.25. The van der Waals surface area contributed by atoms with Crippen molar-refractivity contribution in [1.82, 2.24) is 19.2 Å². The topological polar surface area (TPSA) is 86.3 Å². The fraction of sp³-hybridized carbons (Fsp3) is 0.125. The summed E-state index contributed by atoms with van der Waals surface area (Å²) in [6, 6.07) is 15.3. The smallest absolute Gasteiger partial charge is 0.206 e.